The summed E-state index contributed by atoms with van der Waals surface area (Å²) in [7, 11) is 0. The number of halogens is 2. The lowest BCUT2D eigenvalue weighted by Crippen LogP contribution is -2.53. The van der Waals surface area contributed by atoms with Crippen LogP contribution in [-0.4, -0.2) is 66.0 Å². The van der Waals surface area contributed by atoms with E-state index in [1.165, 1.54) is 24.3 Å². The standard InChI is InChI=1S/C19H24FN7O.HI/c1-2-21-18(24-14-17(28)25-16-6-4-15(20)5-7-16)26-10-12-27(13-11-26)19-22-8-3-9-23-19;/h3-9H,2,10-14H2,1H3,(H,21,24)(H,25,28);1H. The van der Waals surface area contributed by atoms with Gasteiger partial charge >= 0.3 is 0 Å². The van der Waals surface area contributed by atoms with Gasteiger partial charge in [0.2, 0.25) is 11.9 Å². The lowest BCUT2D eigenvalue weighted by Gasteiger charge is -2.36. The Kier molecular flexibility index (Phi) is 9.03. The second-order valence-corrected chi connectivity index (χ2v) is 6.25. The van der Waals surface area contributed by atoms with Crippen LogP contribution < -0.4 is 15.5 Å². The summed E-state index contributed by atoms with van der Waals surface area (Å²) in [5, 5.41) is 5.94. The van der Waals surface area contributed by atoms with Gasteiger partial charge in [-0.25, -0.2) is 19.4 Å². The van der Waals surface area contributed by atoms with Gasteiger partial charge < -0.3 is 20.4 Å². The summed E-state index contributed by atoms with van der Waals surface area (Å²) in [4.78, 5) is 29.4. The van der Waals surface area contributed by atoms with Crippen LogP contribution in [0, 0.1) is 5.82 Å². The second-order valence-electron chi connectivity index (χ2n) is 6.25. The fraction of sp³-hybridized carbons (Fsp3) is 0.368. The van der Waals surface area contributed by atoms with Crippen LogP contribution in [0.4, 0.5) is 16.0 Å². The Labute approximate surface area is 186 Å². The number of hydrogen-bond acceptors (Lipinski definition) is 5. The highest BCUT2D eigenvalue weighted by molar-refractivity contribution is 14.0. The second kappa shape index (κ2) is 11.5. The first kappa shape index (κ1) is 22.8. The molecule has 0 radical (unpaired) electrons. The number of nitrogens with one attached hydrogen (secondary N) is 2. The molecular formula is C19H25FIN7O. The summed E-state index contributed by atoms with van der Waals surface area (Å²) in [6.45, 7) is 5.74. The fourth-order valence-corrected chi connectivity index (χ4v) is 2.88. The van der Waals surface area contributed by atoms with E-state index < -0.39 is 0 Å². The summed E-state index contributed by atoms with van der Waals surface area (Å²) in [5.41, 5.74) is 0.545. The Balaban J connectivity index is 0.00000300. The molecule has 0 saturated carbocycles. The lowest BCUT2D eigenvalue weighted by molar-refractivity contribution is -0.114. The molecule has 1 saturated heterocycles. The molecule has 0 unspecified atom stereocenters. The summed E-state index contributed by atoms with van der Waals surface area (Å²) < 4.78 is 12.9. The summed E-state index contributed by atoms with van der Waals surface area (Å²) in [5.74, 6) is 0.831. The molecule has 1 aromatic heterocycles. The zero-order valence-electron chi connectivity index (χ0n) is 16.2. The van der Waals surface area contributed by atoms with Crippen LogP contribution in [0.25, 0.3) is 0 Å². The largest absolute Gasteiger partial charge is 0.357 e. The number of hydrogen-bond donors (Lipinski definition) is 2. The molecule has 29 heavy (non-hydrogen) atoms. The van der Waals surface area contributed by atoms with E-state index in [1.54, 1.807) is 18.5 Å². The Bertz CT molecular complexity index is 796. The highest BCUT2D eigenvalue weighted by atomic mass is 127. The van der Waals surface area contributed by atoms with E-state index in [-0.39, 0.29) is 42.2 Å². The first-order valence-electron chi connectivity index (χ1n) is 9.26. The number of carbonyl (C=O) groups is 1. The molecule has 1 amide bonds. The number of guanidine groups is 1. The van der Waals surface area contributed by atoms with Crippen molar-refractivity contribution in [1.82, 2.24) is 20.2 Å². The molecule has 1 aliphatic rings. The van der Waals surface area contributed by atoms with Crippen molar-refractivity contribution in [3.63, 3.8) is 0 Å². The molecule has 1 aromatic carbocycles. The molecule has 0 atom stereocenters. The predicted octanol–water partition coefficient (Wildman–Crippen LogP) is 1.96. The lowest BCUT2D eigenvalue weighted by atomic mass is 10.3. The molecule has 0 aliphatic carbocycles. The smallest absolute Gasteiger partial charge is 0.246 e. The third-order valence-corrected chi connectivity index (χ3v) is 4.25. The van der Waals surface area contributed by atoms with Crippen LogP contribution in [0.15, 0.2) is 47.7 Å². The minimum atomic E-state index is -0.342. The maximum atomic E-state index is 12.9. The Hall–Kier alpha value is -2.50. The van der Waals surface area contributed by atoms with Gasteiger partial charge in [0.05, 0.1) is 0 Å². The van der Waals surface area contributed by atoms with Gasteiger partial charge in [0.25, 0.3) is 0 Å². The molecule has 1 fully saturated rings. The molecule has 2 N–H and O–H groups in total. The third kappa shape index (κ3) is 6.80. The summed E-state index contributed by atoms with van der Waals surface area (Å²) >= 11 is 0. The molecule has 1 aliphatic heterocycles. The Morgan fingerprint density at radius 1 is 1.14 bits per heavy atom. The van der Waals surface area contributed by atoms with E-state index in [1.807, 2.05) is 6.92 Å². The van der Waals surface area contributed by atoms with E-state index in [4.69, 9.17) is 0 Å². The first-order chi connectivity index (χ1) is 13.7. The molecular weight excluding hydrogens is 488 g/mol. The SMILES string of the molecule is CCNC(=NCC(=O)Nc1ccc(F)cc1)N1CCN(c2ncccn2)CC1.I. The van der Waals surface area contributed by atoms with Gasteiger partial charge in [-0.3, -0.25) is 4.79 Å². The van der Waals surface area contributed by atoms with Gasteiger partial charge in [0.15, 0.2) is 5.96 Å². The van der Waals surface area contributed by atoms with Crippen molar-refractivity contribution in [3.05, 3.63) is 48.5 Å². The van der Waals surface area contributed by atoms with Crippen molar-refractivity contribution in [2.24, 2.45) is 4.99 Å². The molecule has 8 nitrogen and oxygen atoms in total. The monoisotopic (exact) mass is 513 g/mol. The minimum absolute atomic E-state index is 0. The van der Waals surface area contributed by atoms with Gasteiger partial charge in [0, 0.05) is 50.8 Å². The fourth-order valence-electron chi connectivity index (χ4n) is 2.88. The molecule has 156 valence electrons. The Morgan fingerprint density at radius 3 is 2.41 bits per heavy atom. The third-order valence-electron chi connectivity index (χ3n) is 4.25. The van der Waals surface area contributed by atoms with Crippen molar-refractivity contribution >= 4 is 47.5 Å². The average molecular weight is 513 g/mol. The molecule has 3 rings (SSSR count). The van der Waals surface area contributed by atoms with Crippen molar-refractivity contribution in [3.8, 4) is 0 Å². The average Bonchev–Trinajstić information content (AvgIpc) is 2.73. The molecule has 2 aromatic rings. The zero-order chi connectivity index (χ0) is 19.8. The molecule has 0 spiro atoms. The van der Waals surface area contributed by atoms with Gasteiger partial charge in [-0.2, -0.15) is 0 Å². The van der Waals surface area contributed by atoms with Crippen LogP contribution in [0.2, 0.25) is 0 Å². The van der Waals surface area contributed by atoms with Crippen LogP contribution >= 0.6 is 24.0 Å². The van der Waals surface area contributed by atoms with Gasteiger partial charge in [0.1, 0.15) is 12.4 Å². The minimum Gasteiger partial charge on any atom is -0.357 e. The summed E-state index contributed by atoms with van der Waals surface area (Å²) in [6, 6.07) is 7.45. The molecule has 0 bridgehead atoms. The van der Waals surface area contributed by atoms with Crippen LogP contribution in [0.1, 0.15) is 6.92 Å². The zero-order valence-corrected chi connectivity index (χ0v) is 18.5. The van der Waals surface area contributed by atoms with Crippen LogP contribution in [-0.2, 0) is 4.79 Å². The number of nitrogens with zero attached hydrogens (tertiary/aromatic N) is 5. The van der Waals surface area contributed by atoms with Crippen molar-refractivity contribution in [2.75, 3.05) is 49.5 Å². The number of anilines is 2. The number of piperazine rings is 1. The first-order valence-corrected chi connectivity index (χ1v) is 9.26. The van der Waals surface area contributed by atoms with E-state index in [0.717, 1.165) is 32.1 Å². The molecule has 2 heterocycles. The Morgan fingerprint density at radius 2 is 1.79 bits per heavy atom. The topological polar surface area (TPSA) is 85.8 Å². The van der Waals surface area contributed by atoms with Crippen molar-refractivity contribution in [2.45, 2.75) is 6.92 Å². The van der Waals surface area contributed by atoms with E-state index in [9.17, 15) is 9.18 Å². The van der Waals surface area contributed by atoms with E-state index in [0.29, 0.717) is 18.2 Å². The van der Waals surface area contributed by atoms with Gasteiger partial charge in [-0.1, -0.05) is 0 Å². The van der Waals surface area contributed by atoms with E-state index in [2.05, 4.69) is 35.4 Å². The quantitative estimate of drug-likeness (QED) is 0.362. The number of aromatic nitrogens is 2. The van der Waals surface area contributed by atoms with Crippen molar-refractivity contribution in [1.29, 1.82) is 0 Å². The maximum Gasteiger partial charge on any atom is 0.246 e. The number of aliphatic imine (C=N–C) groups is 1. The van der Waals surface area contributed by atoms with Gasteiger partial charge in [-0.05, 0) is 37.3 Å². The highest BCUT2D eigenvalue weighted by Gasteiger charge is 2.21. The number of amides is 1. The normalized spacial score (nSPS) is 14.2. The number of benzene rings is 1. The number of carbonyl (C=O) groups excluding carboxylic acids is 1. The molecule has 10 heteroatoms. The number of rotatable bonds is 5. The summed E-state index contributed by atoms with van der Waals surface area (Å²) in [6.07, 6.45) is 3.47. The van der Waals surface area contributed by atoms with Crippen LogP contribution in [0.5, 0.6) is 0 Å². The maximum absolute atomic E-state index is 12.9. The van der Waals surface area contributed by atoms with Gasteiger partial charge in [-0.15, -0.1) is 24.0 Å². The van der Waals surface area contributed by atoms with Crippen LogP contribution in [0.3, 0.4) is 0 Å². The predicted molar refractivity (Wildman–Crippen MR) is 122 cm³/mol. The van der Waals surface area contributed by atoms with Crippen molar-refractivity contribution < 1.29 is 9.18 Å². The highest BCUT2D eigenvalue weighted by Crippen LogP contribution is 2.10. The van der Waals surface area contributed by atoms with E-state index >= 15 is 0 Å².